The quantitative estimate of drug-likeness (QED) is 0.640. The molecular weight excluding hydrogens is 206 g/mol. The highest BCUT2D eigenvalue weighted by atomic mass is 16.5. The lowest BCUT2D eigenvalue weighted by Crippen LogP contribution is -2.46. The first-order valence-electron chi connectivity index (χ1n) is 6.09. The molecule has 1 heterocycles. The van der Waals surface area contributed by atoms with Crippen molar-refractivity contribution in [3.63, 3.8) is 0 Å². The van der Waals surface area contributed by atoms with E-state index >= 15 is 0 Å². The van der Waals surface area contributed by atoms with Crippen LogP contribution in [0.3, 0.4) is 0 Å². The van der Waals surface area contributed by atoms with Crippen LogP contribution in [0.1, 0.15) is 26.2 Å². The lowest BCUT2D eigenvalue weighted by molar-refractivity contribution is 0.0587. The predicted octanol–water partition coefficient (Wildman–Crippen LogP) is 0.450. The number of urea groups is 1. The van der Waals surface area contributed by atoms with Crippen molar-refractivity contribution in [1.82, 2.24) is 10.6 Å². The van der Waals surface area contributed by atoms with Crippen molar-refractivity contribution in [2.24, 2.45) is 11.7 Å². The largest absolute Gasteiger partial charge is 0.381 e. The highest BCUT2D eigenvalue weighted by molar-refractivity contribution is 5.73. The van der Waals surface area contributed by atoms with E-state index in [0.29, 0.717) is 19.0 Å². The molecule has 0 bridgehead atoms. The highest BCUT2D eigenvalue weighted by Gasteiger charge is 2.20. The first kappa shape index (κ1) is 13.3. The number of rotatable bonds is 5. The normalized spacial score (nSPS) is 19.1. The van der Waals surface area contributed by atoms with Gasteiger partial charge in [0.1, 0.15) is 0 Å². The van der Waals surface area contributed by atoms with Crippen molar-refractivity contribution in [2.45, 2.75) is 32.2 Å². The third-order valence-corrected chi connectivity index (χ3v) is 2.91. The summed E-state index contributed by atoms with van der Waals surface area (Å²) in [5.74, 6) is 0.472. The molecule has 2 amide bonds. The second-order valence-electron chi connectivity index (χ2n) is 4.25. The first-order valence-corrected chi connectivity index (χ1v) is 6.09. The van der Waals surface area contributed by atoms with Crippen molar-refractivity contribution < 1.29 is 9.53 Å². The van der Waals surface area contributed by atoms with E-state index in [0.717, 1.165) is 32.5 Å². The van der Waals surface area contributed by atoms with Crippen LogP contribution in [0.4, 0.5) is 4.79 Å². The minimum Gasteiger partial charge on any atom is -0.381 e. The topological polar surface area (TPSA) is 76.4 Å². The number of ether oxygens (including phenoxy) is 1. The number of hydrogen-bond acceptors (Lipinski definition) is 3. The van der Waals surface area contributed by atoms with Crippen LogP contribution in [-0.2, 0) is 4.74 Å². The Labute approximate surface area is 97.1 Å². The summed E-state index contributed by atoms with van der Waals surface area (Å²) in [5.41, 5.74) is 6.03. The van der Waals surface area contributed by atoms with E-state index < -0.39 is 0 Å². The molecule has 0 aromatic carbocycles. The van der Waals surface area contributed by atoms with Gasteiger partial charge >= 0.3 is 6.03 Å². The van der Waals surface area contributed by atoms with E-state index in [1.807, 2.05) is 6.92 Å². The maximum absolute atomic E-state index is 11.3. The Hall–Kier alpha value is -0.810. The van der Waals surface area contributed by atoms with Gasteiger partial charge < -0.3 is 21.1 Å². The fraction of sp³-hybridized carbons (Fsp3) is 0.909. The van der Waals surface area contributed by atoms with Gasteiger partial charge in [-0.1, -0.05) is 6.92 Å². The summed E-state index contributed by atoms with van der Waals surface area (Å²) in [4.78, 5) is 11.3. The Bertz CT molecular complexity index is 205. The third kappa shape index (κ3) is 4.81. The molecule has 5 heteroatoms. The van der Waals surface area contributed by atoms with Crippen LogP contribution in [0.2, 0.25) is 0 Å². The molecule has 1 rings (SSSR count). The van der Waals surface area contributed by atoms with Crippen molar-refractivity contribution in [3.8, 4) is 0 Å². The fourth-order valence-corrected chi connectivity index (χ4v) is 1.82. The highest BCUT2D eigenvalue weighted by Crippen LogP contribution is 2.16. The molecule has 0 aliphatic carbocycles. The van der Waals surface area contributed by atoms with Gasteiger partial charge in [0.15, 0.2) is 0 Å². The van der Waals surface area contributed by atoms with Gasteiger partial charge in [0.2, 0.25) is 0 Å². The zero-order chi connectivity index (χ0) is 11.8. The van der Waals surface area contributed by atoms with Crippen molar-refractivity contribution in [1.29, 1.82) is 0 Å². The van der Waals surface area contributed by atoms with Gasteiger partial charge in [0, 0.05) is 32.3 Å². The summed E-state index contributed by atoms with van der Waals surface area (Å²) >= 11 is 0. The minimum atomic E-state index is -0.121. The Morgan fingerprint density at radius 3 is 2.75 bits per heavy atom. The Morgan fingerprint density at radius 2 is 2.12 bits per heavy atom. The summed E-state index contributed by atoms with van der Waals surface area (Å²) in [6.45, 7) is 4.85. The van der Waals surface area contributed by atoms with Crippen LogP contribution in [0.25, 0.3) is 0 Å². The Balaban J connectivity index is 2.13. The van der Waals surface area contributed by atoms with Gasteiger partial charge in [0.25, 0.3) is 0 Å². The molecule has 0 aromatic heterocycles. The van der Waals surface area contributed by atoms with Crippen LogP contribution in [0.15, 0.2) is 0 Å². The van der Waals surface area contributed by atoms with Gasteiger partial charge in [-0.25, -0.2) is 4.79 Å². The van der Waals surface area contributed by atoms with Crippen LogP contribution < -0.4 is 16.4 Å². The fourth-order valence-electron chi connectivity index (χ4n) is 1.82. The predicted molar refractivity (Wildman–Crippen MR) is 63.2 cm³/mol. The second kappa shape index (κ2) is 7.46. The lowest BCUT2D eigenvalue weighted by Gasteiger charge is -2.27. The molecule has 1 fully saturated rings. The monoisotopic (exact) mass is 229 g/mol. The maximum atomic E-state index is 11.3. The molecule has 0 aromatic rings. The van der Waals surface area contributed by atoms with Gasteiger partial charge in [-0.2, -0.15) is 0 Å². The lowest BCUT2D eigenvalue weighted by atomic mass is 9.92. The van der Waals surface area contributed by atoms with Crippen LogP contribution in [0.5, 0.6) is 0 Å². The molecule has 1 unspecified atom stereocenters. The average molecular weight is 229 g/mol. The van der Waals surface area contributed by atoms with E-state index in [2.05, 4.69) is 10.6 Å². The molecule has 16 heavy (non-hydrogen) atoms. The second-order valence-corrected chi connectivity index (χ2v) is 4.25. The zero-order valence-electron chi connectivity index (χ0n) is 10.00. The molecule has 5 nitrogen and oxygen atoms in total. The SMILES string of the molecule is CCCNC(=O)NCC(N)C1CCOCC1. The zero-order valence-corrected chi connectivity index (χ0v) is 10.00. The summed E-state index contributed by atoms with van der Waals surface area (Å²) < 4.78 is 5.27. The van der Waals surface area contributed by atoms with Crippen LogP contribution in [-0.4, -0.2) is 38.4 Å². The Kier molecular flexibility index (Phi) is 6.18. The van der Waals surface area contributed by atoms with Crippen molar-refractivity contribution in [2.75, 3.05) is 26.3 Å². The number of nitrogens with two attached hydrogens (primary N) is 1. The molecule has 0 radical (unpaired) electrons. The maximum Gasteiger partial charge on any atom is 0.314 e. The summed E-state index contributed by atoms with van der Waals surface area (Å²) in [6.07, 6.45) is 2.94. The smallest absolute Gasteiger partial charge is 0.314 e. The van der Waals surface area contributed by atoms with Gasteiger partial charge in [-0.15, -0.1) is 0 Å². The number of nitrogens with one attached hydrogen (secondary N) is 2. The van der Waals surface area contributed by atoms with E-state index in [1.54, 1.807) is 0 Å². The first-order chi connectivity index (χ1) is 7.74. The summed E-state index contributed by atoms with van der Waals surface area (Å²) in [6, 6.07) is -0.0827. The number of carbonyl (C=O) groups excluding carboxylic acids is 1. The van der Waals surface area contributed by atoms with E-state index in [-0.39, 0.29) is 12.1 Å². The summed E-state index contributed by atoms with van der Waals surface area (Å²) in [5, 5.41) is 5.56. The summed E-state index contributed by atoms with van der Waals surface area (Å²) in [7, 11) is 0. The number of carbonyl (C=O) groups is 1. The minimum absolute atomic E-state index is 0.0382. The standard InChI is InChI=1S/C11H23N3O2/c1-2-5-13-11(15)14-8-10(12)9-3-6-16-7-4-9/h9-10H,2-8,12H2,1H3,(H2,13,14,15). The molecule has 4 N–H and O–H groups in total. The number of hydrogen-bond donors (Lipinski definition) is 3. The van der Waals surface area contributed by atoms with Gasteiger partial charge in [-0.05, 0) is 25.2 Å². The van der Waals surface area contributed by atoms with Crippen LogP contribution >= 0.6 is 0 Å². The molecule has 0 spiro atoms. The van der Waals surface area contributed by atoms with Crippen LogP contribution in [0, 0.1) is 5.92 Å². The van der Waals surface area contributed by atoms with E-state index in [4.69, 9.17) is 10.5 Å². The molecule has 1 atom stereocenters. The van der Waals surface area contributed by atoms with E-state index in [9.17, 15) is 4.79 Å². The van der Waals surface area contributed by atoms with E-state index in [1.165, 1.54) is 0 Å². The molecule has 1 aliphatic rings. The van der Waals surface area contributed by atoms with Crippen molar-refractivity contribution >= 4 is 6.03 Å². The number of amides is 2. The van der Waals surface area contributed by atoms with Gasteiger partial charge in [0.05, 0.1) is 0 Å². The van der Waals surface area contributed by atoms with Crippen molar-refractivity contribution in [3.05, 3.63) is 0 Å². The molecule has 0 saturated carbocycles. The average Bonchev–Trinajstić information content (AvgIpc) is 2.34. The molecule has 1 aliphatic heterocycles. The molecule has 1 saturated heterocycles. The molecule has 94 valence electrons. The third-order valence-electron chi connectivity index (χ3n) is 2.91. The Morgan fingerprint density at radius 1 is 1.44 bits per heavy atom. The molecular formula is C11H23N3O2. The van der Waals surface area contributed by atoms with Gasteiger partial charge in [-0.3, -0.25) is 0 Å².